The van der Waals surface area contributed by atoms with Crippen LogP contribution in [0.15, 0.2) is 30.3 Å². The maximum absolute atomic E-state index is 12.4. The summed E-state index contributed by atoms with van der Waals surface area (Å²) in [6.07, 6.45) is 0.702. The predicted octanol–water partition coefficient (Wildman–Crippen LogP) is 0.614. The third-order valence-corrected chi connectivity index (χ3v) is 5.14. The molecule has 1 aliphatic heterocycles. The second-order valence-electron chi connectivity index (χ2n) is 7.52. The molecule has 1 saturated heterocycles. The monoisotopic (exact) mass is 375 g/mol. The molecule has 1 aromatic carbocycles. The van der Waals surface area contributed by atoms with Crippen LogP contribution in [0.4, 0.5) is 0 Å². The Bertz CT molecular complexity index is 677. The lowest BCUT2D eigenvalue weighted by molar-refractivity contribution is -0.127. The molecular formula is C20H29N3O4. The number of ether oxygens (including phenoxy) is 1. The number of carbonyl (C=O) groups is 3. The molecule has 3 unspecified atom stereocenters. The lowest BCUT2D eigenvalue weighted by Crippen LogP contribution is -2.46. The molecule has 7 nitrogen and oxygen atoms in total. The maximum atomic E-state index is 12.4. The number of hydrogen-bond acceptors (Lipinski definition) is 5. The minimum atomic E-state index is -0.945. The van der Waals surface area contributed by atoms with Gasteiger partial charge in [-0.05, 0) is 39.4 Å². The van der Waals surface area contributed by atoms with E-state index in [1.807, 2.05) is 49.3 Å². The predicted molar refractivity (Wildman–Crippen MR) is 102 cm³/mol. The molecule has 0 spiro atoms. The zero-order chi connectivity index (χ0) is 20.0. The summed E-state index contributed by atoms with van der Waals surface area (Å²) in [6, 6.07) is 8.55. The normalized spacial score (nSPS) is 21.9. The van der Waals surface area contributed by atoms with Crippen LogP contribution in [0.1, 0.15) is 31.7 Å². The van der Waals surface area contributed by atoms with E-state index in [9.17, 15) is 14.4 Å². The number of nitrogens with zero attached hydrogens (tertiary/aromatic N) is 1. The minimum Gasteiger partial charge on any atom is -0.369 e. The van der Waals surface area contributed by atoms with E-state index in [2.05, 4.69) is 5.32 Å². The first-order valence-electron chi connectivity index (χ1n) is 9.18. The van der Waals surface area contributed by atoms with Gasteiger partial charge in [-0.25, -0.2) is 0 Å². The van der Waals surface area contributed by atoms with Gasteiger partial charge < -0.3 is 20.7 Å². The highest BCUT2D eigenvalue weighted by atomic mass is 16.5. The zero-order valence-corrected chi connectivity index (χ0v) is 16.2. The summed E-state index contributed by atoms with van der Waals surface area (Å²) in [5.74, 6) is -0.879. The van der Waals surface area contributed by atoms with Gasteiger partial charge in [0.05, 0.1) is 11.5 Å². The molecule has 2 amide bonds. The van der Waals surface area contributed by atoms with Crippen LogP contribution in [0.3, 0.4) is 0 Å². The Morgan fingerprint density at radius 1 is 1.30 bits per heavy atom. The molecule has 1 heterocycles. The molecule has 148 valence electrons. The largest absolute Gasteiger partial charge is 0.369 e. The highest BCUT2D eigenvalue weighted by molar-refractivity contribution is 5.92. The summed E-state index contributed by atoms with van der Waals surface area (Å²) in [6.45, 7) is 2.52. The minimum absolute atomic E-state index is 0.0199. The van der Waals surface area contributed by atoms with E-state index in [4.69, 9.17) is 10.5 Å². The van der Waals surface area contributed by atoms with Crippen LogP contribution in [-0.2, 0) is 24.5 Å². The number of primary amides is 1. The van der Waals surface area contributed by atoms with Gasteiger partial charge >= 0.3 is 0 Å². The Kier molecular flexibility index (Phi) is 7.10. The molecule has 3 N–H and O–H groups in total. The molecule has 1 fully saturated rings. The molecule has 0 bridgehead atoms. The van der Waals surface area contributed by atoms with Gasteiger partial charge in [-0.3, -0.25) is 14.4 Å². The quantitative estimate of drug-likeness (QED) is 0.659. The topological polar surface area (TPSA) is 102 Å². The van der Waals surface area contributed by atoms with E-state index >= 15 is 0 Å². The average Bonchev–Trinajstić information content (AvgIpc) is 2.98. The Morgan fingerprint density at radius 3 is 2.56 bits per heavy atom. The van der Waals surface area contributed by atoms with Crippen LogP contribution >= 0.6 is 0 Å². The van der Waals surface area contributed by atoms with Crippen molar-refractivity contribution in [1.82, 2.24) is 10.2 Å². The molecule has 0 aliphatic carbocycles. The number of benzene rings is 1. The third-order valence-electron chi connectivity index (χ3n) is 5.14. The Morgan fingerprint density at radius 2 is 1.96 bits per heavy atom. The van der Waals surface area contributed by atoms with Gasteiger partial charge in [0.1, 0.15) is 12.6 Å². The molecule has 0 aromatic heterocycles. The first-order chi connectivity index (χ1) is 12.7. The third kappa shape index (κ3) is 5.37. The summed E-state index contributed by atoms with van der Waals surface area (Å²) >= 11 is 0. The molecule has 3 atom stereocenters. The second-order valence-corrected chi connectivity index (χ2v) is 7.52. The Hall–Kier alpha value is -2.25. The fourth-order valence-electron chi connectivity index (χ4n) is 3.22. The smallest absolute Gasteiger partial charge is 0.227 e. The number of Topliss-reactive ketones (excluding diaryl/α,β-unsaturated/α-hetero) is 1. The van der Waals surface area contributed by atoms with Gasteiger partial charge in [-0.2, -0.15) is 0 Å². The fourth-order valence-corrected chi connectivity index (χ4v) is 3.22. The van der Waals surface area contributed by atoms with Crippen LogP contribution < -0.4 is 11.1 Å². The lowest BCUT2D eigenvalue weighted by Gasteiger charge is -2.27. The van der Waals surface area contributed by atoms with Gasteiger partial charge in [0.15, 0.2) is 5.78 Å². The van der Waals surface area contributed by atoms with E-state index in [-0.39, 0.29) is 37.2 Å². The van der Waals surface area contributed by atoms with Crippen molar-refractivity contribution in [1.29, 1.82) is 0 Å². The molecule has 2 rings (SSSR count). The van der Waals surface area contributed by atoms with Crippen molar-refractivity contribution in [2.24, 2.45) is 5.73 Å². The molecule has 27 heavy (non-hydrogen) atoms. The van der Waals surface area contributed by atoms with Crippen molar-refractivity contribution < 1.29 is 19.1 Å². The van der Waals surface area contributed by atoms with Gasteiger partial charge in [0.25, 0.3) is 0 Å². The van der Waals surface area contributed by atoms with Crippen LogP contribution in [-0.4, -0.2) is 61.9 Å². The average molecular weight is 375 g/mol. The van der Waals surface area contributed by atoms with Crippen molar-refractivity contribution in [3.63, 3.8) is 0 Å². The van der Waals surface area contributed by atoms with E-state index in [1.54, 1.807) is 6.92 Å². The van der Waals surface area contributed by atoms with Crippen LogP contribution in [0.5, 0.6) is 0 Å². The van der Waals surface area contributed by atoms with E-state index in [0.29, 0.717) is 6.42 Å². The number of nitrogens with two attached hydrogens (primary N) is 1. The van der Waals surface area contributed by atoms with Crippen molar-refractivity contribution >= 4 is 17.6 Å². The van der Waals surface area contributed by atoms with E-state index in [1.165, 1.54) is 0 Å². The number of hydrogen-bond donors (Lipinski definition) is 2. The van der Waals surface area contributed by atoms with E-state index < -0.39 is 17.4 Å². The molecule has 1 aromatic rings. The molecular weight excluding hydrogens is 346 g/mol. The van der Waals surface area contributed by atoms with Crippen LogP contribution in [0.25, 0.3) is 0 Å². The van der Waals surface area contributed by atoms with Crippen LogP contribution in [0.2, 0.25) is 0 Å². The van der Waals surface area contributed by atoms with Crippen molar-refractivity contribution in [3.8, 4) is 0 Å². The SMILES string of the molecule is CN(C)CCC1OCC(=O)C1NC(=O)CCC(C)(C(N)=O)c1ccccc1. The van der Waals surface area contributed by atoms with Gasteiger partial charge in [-0.15, -0.1) is 0 Å². The van der Waals surface area contributed by atoms with Crippen LogP contribution in [0, 0.1) is 0 Å². The molecule has 1 aliphatic rings. The standard InChI is InChI=1S/C20H29N3O4/c1-20(19(21)26,14-7-5-4-6-8-14)11-9-17(25)22-18-15(24)13-27-16(18)10-12-23(2)3/h4-8,16,18H,9-13H2,1-3H3,(H2,21,26)(H,22,25). The zero-order valence-electron chi connectivity index (χ0n) is 16.2. The van der Waals surface area contributed by atoms with Gasteiger partial charge in [-0.1, -0.05) is 30.3 Å². The Balaban J connectivity index is 1.97. The van der Waals surface area contributed by atoms with Gasteiger partial charge in [0.2, 0.25) is 11.8 Å². The van der Waals surface area contributed by atoms with Crippen molar-refractivity contribution in [2.45, 2.75) is 43.7 Å². The van der Waals surface area contributed by atoms with Gasteiger partial charge in [0, 0.05) is 13.0 Å². The highest BCUT2D eigenvalue weighted by Crippen LogP contribution is 2.28. The summed E-state index contributed by atoms with van der Waals surface area (Å²) in [5, 5.41) is 2.78. The Labute approximate surface area is 160 Å². The molecule has 0 radical (unpaired) electrons. The molecule has 7 heteroatoms. The van der Waals surface area contributed by atoms with Crippen molar-refractivity contribution in [3.05, 3.63) is 35.9 Å². The van der Waals surface area contributed by atoms with E-state index in [0.717, 1.165) is 12.1 Å². The summed E-state index contributed by atoms with van der Waals surface area (Å²) < 4.78 is 5.52. The molecule has 0 saturated carbocycles. The number of nitrogens with one attached hydrogen (secondary N) is 1. The first-order valence-corrected chi connectivity index (χ1v) is 9.18. The summed E-state index contributed by atoms with van der Waals surface area (Å²) in [4.78, 5) is 38.6. The number of carbonyl (C=O) groups excluding carboxylic acids is 3. The maximum Gasteiger partial charge on any atom is 0.227 e. The first kappa shape index (κ1) is 21.1. The number of rotatable bonds is 9. The second kappa shape index (κ2) is 9.10. The highest BCUT2D eigenvalue weighted by Gasteiger charge is 2.38. The lowest BCUT2D eigenvalue weighted by atomic mass is 9.78. The summed E-state index contributed by atoms with van der Waals surface area (Å²) in [7, 11) is 3.89. The number of ketones is 1. The fraction of sp³-hybridized carbons (Fsp3) is 0.550. The number of amides is 2. The van der Waals surface area contributed by atoms with Crippen molar-refractivity contribution in [2.75, 3.05) is 27.2 Å². The summed E-state index contributed by atoms with van der Waals surface area (Å²) in [5.41, 5.74) is 5.44.